The fraction of sp³-hybridized carbons (Fsp3) is 0.188. The Labute approximate surface area is 137 Å². The number of nitrogens with one attached hydrogen (secondary N) is 1. The second kappa shape index (κ2) is 7.17. The van der Waals surface area contributed by atoms with Crippen molar-refractivity contribution < 1.29 is 9.59 Å². The van der Waals surface area contributed by atoms with Crippen LogP contribution in [-0.4, -0.2) is 35.8 Å². The number of nitrogens with zero attached hydrogens (tertiary/aromatic N) is 2. The molecule has 2 aromatic rings. The Morgan fingerprint density at radius 1 is 1.18 bits per heavy atom. The summed E-state index contributed by atoms with van der Waals surface area (Å²) in [6, 6.07) is 8.92. The first-order chi connectivity index (χ1) is 10.5. The van der Waals surface area contributed by atoms with Crippen LogP contribution in [0.2, 0.25) is 0 Å². The Bertz CT molecular complexity index is 684. The third-order valence-electron chi connectivity index (χ3n) is 3.03. The molecule has 2 rings (SSSR count). The third-order valence-corrected chi connectivity index (χ3v) is 3.47. The van der Waals surface area contributed by atoms with Crippen LogP contribution in [0.15, 0.2) is 47.2 Å². The number of amides is 2. The molecule has 6 heteroatoms. The maximum Gasteiger partial charge on any atom is 0.257 e. The molecule has 0 unspecified atom stereocenters. The van der Waals surface area contributed by atoms with Gasteiger partial charge in [-0.05, 0) is 39.7 Å². The highest BCUT2D eigenvalue weighted by molar-refractivity contribution is 9.10. The normalized spacial score (nSPS) is 10.1. The minimum absolute atomic E-state index is 0.0389. The largest absolute Gasteiger partial charge is 0.349 e. The molecule has 0 aliphatic carbocycles. The first kappa shape index (κ1) is 16.2. The minimum atomic E-state index is -0.231. The molecule has 0 bridgehead atoms. The lowest BCUT2D eigenvalue weighted by molar-refractivity contribution is -0.127. The van der Waals surface area contributed by atoms with Crippen LogP contribution in [0.3, 0.4) is 0 Å². The summed E-state index contributed by atoms with van der Waals surface area (Å²) in [7, 11) is 3.45. The summed E-state index contributed by atoms with van der Waals surface area (Å²) in [4.78, 5) is 29.2. The van der Waals surface area contributed by atoms with Gasteiger partial charge in [-0.25, -0.2) is 0 Å². The number of carbonyl (C=O) groups excluding carboxylic acids is 2. The zero-order chi connectivity index (χ0) is 16.1. The van der Waals surface area contributed by atoms with Crippen LogP contribution in [0.1, 0.15) is 15.9 Å². The van der Waals surface area contributed by atoms with Crippen LogP contribution in [0.25, 0.3) is 0 Å². The van der Waals surface area contributed by atoms with Gasteiger partial charge in [0.2, 0.25) is 5.91 Å². The second-order valence-electron chi connectivity index (χ2n) is 5.01. The molecule has 0 saturated heterocycles. The number of carbonyl (C=O) groups is 2. The number of rotatable bonds is 4. The van der Waals surface area contributed by atoms with Crippen molar-refractivity contribution in [3.05, 3.63) is 58.3 Å². The highest BCUT2D eigenvalue weighted by Gasteiger charge is 2.08. The van der Waals surface area contributed by atoms with E-state index in [0.29, 0.717) is 17.7 Å². The van der Waals surface area contributed by atoms with Crippen LogP contribution < -0.4 is 5.32 Å². The topological polar surface area (TPSA) is 62.3 Å². The van der Waals surface area contributed by atoms with E-state index in [1.165, 1.54) is 6.20 Å². The average Bonchev–Trinajstić information content (AvgIpc) is 2.49. The van der Waals surface area contributed by atoms with Gasteiger partial charge in [-0.2, -0.15) is 0 Å². The van der Waals surface area contributed by atoms with E-state index in [9.17, 15) is 9.59 Å². The number of anilines is 1. The number of hydrogen-bond acceptors (Lipinski definition) is 3. The van der Waals surface area contributed by atoms with Crippen molar-refractivity contribution in [1.29, 1.82) is 0 Å². The standard InChI is InChI=1S/C16H16BrN3O2/c1-20(2)15(21)7-11-3-5-14(6-4-11)19-16(22)12-8-13(17)10-18-9-12/h3-6,8-10H,7H2,1-2H3,(H,19,22). The molecule has 0 radical (unpaired) electrons. The van der Waals surface area contributed by atoms with Gasteiger partial charge in [-0.15, -0.1) is 0 Å². The van der Waals surface area contributed by atoms with E-state index in [1.807, 2.05) is 12.1 Å². The molecule has 0 fully saturated rings. The van der Waals surface area contributed by atoms with E-state index in [-0.39, 0.29) is 11.8 Å². The molecule has 22 heavy (non-hydrogen) atoms. The summed E-state index contributed by atoms with van der Waals surface area (Å²) in [5.74, 6) is -0.192. The number of halogens is 1. The number of likely N-dealkylation sites (N-methyl/N-ethyl adjacent to an activating group) is 1. The molecular formula is C16H16BrN3O2. The summed E-state index contributed by atoms with van der Waals surface area (Å²) >= 11 is 3.28. The molecule has 0 aliphatic heterocycles. The Kier molecular flexibility index (Phi) is 5.27. The Morgan fingerprint density at radius 3 is 2.45 bits per heavy atom. The van der Waals surface area contributed by atoms with Crippen LogP contribution in [0.4, 0.5) is 5.69 Å². The van der Waals surface area contributed by atoms with Gasteiger partial charge >= 0.3 is 0 Å². The van der Waals surface area contributed by atoms with Gasteiger partial charge in [0.15, 0.2) is 0 Å². The van der Waals surface area contributed by atoms with Crippen LogP contribution in [0.5, 0.6) is 0 Å². The van der Waals surface area contributed by atoms with Crippen molar-refractivity contribution in [3.63, 3.8) is 0 Å². The predicted molar refractivity (Wildman–Crippen MR) is 88.7 cm³/mol. The molecule has 1 heterocycles. The molecule has 0 saturated carbocycles. The SMILES string of the molecule is CN(C)C(=O)Cc1ccc(NC(=O)c2cncc(Br)c2)cc1. The first-order valence-corrected chi connectivity index (χ1v) is 7.46. The monoisotopic (exact) mass is 361 g/mol. The lowest BCUT2D eigenvalue weighted by atomic mass is 10.1. The quantitative estimate of drug-likeness (QED) is 0.910. The van der Waals surface area contributed by atoms with E-state index >= 15 is 0 Å². The van der Waals surface area contributed by atoms with Gasteiger partial charge < -0.3 is 10.2 Å². The van der Waals surface area contributed by atoms with Gasteiger partial charge in [0.05, 0.1) is 12.0 Å². The molecular weight excluding hydrogens is 346 g/mol. The van der Waals surface area contributed by atoms with Gasteiger partial charge in [-0.3, -0.25) is 14.6 Å². The van der Waals surface area contributed by atoms with Gasteiger partial charge in [0.25, 0.3) is 5.91 Å². The van der Waals surface area contributed by atoms with E-state index < -0.39 is 0 Å². The number of aromatic nitrogens is 1. The summed E-state index contributed by atoms with van der Waals surface area (Å²) in [5.41, 5.74) is 2.05. The van der Waals surface area contributed by atoms with Crippen molar-refractivity contribution in [2.75, 3.05) is 19.4 Å². The summed E-state index contributed by atoms with van der Waals surface area (Å²) < 4.78 is 0.748. The fourth-order valence-corrected chi connectivity index (χ4v) is 2.14. The van der Waals surface area contributed by atoms with E-state index in [1.54, 1.807) is 43.4 Å². The maximum absolute atomic E-state index is 12.1. The first-order valence-electron chi connectivity index (χ1n) is 6.66. The minimum Gasteiger partial charge on any atom is -0.349 e. The average molecular weight is 362 g/mol. The molecule has 114 valence electrons. The summed E-state index contributed by atoms with van der Waals surface area (Å²) in [6.45, 7) is 0. The van der Waals surface area contributed by atoms with Crippen molar-refractivity contribution in [3.8, 4) is 0 Å². The Balaban J connectivity index is 2.02. The zero-order valence-corrected chi connectivity index (χ0v) is 13.9. The second-order valence-corrected chi connectivity index (χ2v) is 5.92. The van der Waals surface area contributed by atoms with Crippen molar-refractivity contribution in [2.45, 2.75) is 6.42 Å². The molecule has 0 spiro atoms. The maximum atomic E-state index is 12.1. The van der Waals surface area contributed by atoms with Crippen molar-refractivity contribution in [2.24, 2.45) is 0 Å². The fourth-order valence-electron chi connectivity index (χ4n) is 1.78. The van der Waals surface area contributed by atoms with Crippen molar-refractivity contribution in [1.82, 2.24) is 9.88 Å². The lowest BCUT2D eigenvalue weighted by Crippen LogP contribution is -2.23. The highest BCUT2D eigenvalue weighted by Crippen LogP contribution is 2.14. The van der Waals surface area contributed by atoms with Crippen LogP contribution >= 0.6 is 15.9 Å². The molecule has 1 aromatic heterocycles. The van der Waals surface area contributed by atoms with E-state index in [0.717, 1.165) is 10.0 Å². The number of benzene rings is 1. The third kappa shape index (κ3) is 4.39. The predicted octanol–water partition coefficient (Wildman–Crippen LogP) is 2.73. The lowest BCUT2D eigenvalue weighted by Gasteiger charge is -2.10. The van der Waals surface area contributed by atoms with Crippen LogP contribution in [0, 0.1) is 0 Å². The number of hydrogen-bond donors (Lipinski definition) is 1. The molecule has 1 N–H and O–H groups in total. The van der Waals surface area contributed by atoms with Gasteiger partial charge in [0, 0.05) is 36.6 Å². The molecule has 5 nitrogen and oxygen atoms in total. The Morgan fingerprint density at radius 2 is 1.86 bits per heavy atom. The highest BCUT2D eigenvalue weighted by atomic mass is 79.9. The van der Waals surface area contributed by atoms with E-state index in [2.05, 4.69) is 26.2 Å². The van der Waals surface area contributed by atoms with E-state index in [4.69, 9.17) is 0 Å². The molecule has 2 amide bonds. The smallest absolute Gasteiger partial charge is 0.257 e. The molecule has 0 atom stereocenters. The van der Waals surface area contributed by atoms with Gasteiger partial charge in [0.1, 0.15) is 0 Å². The van der Waals surface area contributed by atoms with Gasteiger partial charge in [-0.1, -0.05) is 12.1 Å². The van der Waals surface area contributed by atoms with Crippen molar-refractivity contribution >= 4 is 33.4 Å². The van der Waals surface area contributed by atoms with Crippen LogP contribution in [-0.2, 0) is 11.2 Å². The molecule has 0 aliphatic rings. The Hall–Kier alpha value is -2.21. The zero-order valence-electron chi connectivity index (χ0n) is 12.3. The molecule has 1 aromatic carbocycles. The number of pyridine rings is 1. The summed E-state index contributed by atoms with van der Waals surface area (Å²) in [5, 5.41) is 2.79. The summed E-state index contributed by atoms with van der Waals surface area (Å²) in [6.07, 6.45) is 3.47.